The number of pyridine rings is 1. The molecule has 1 saturated heterocycles. The molecular formula is C10H14ClN3. The monoisotopic (exact) mass is 211 g/mol. The van der Waals surface area contributed by atoms with Gasteiger partial charge < -0.3 is 5.32 Å². The molecule has 0 unspecified atom stereocenters. The Kier molecular flexibility index (Phi) is 3.35. The van der Waals surface area contributed by atoms with E-state index < -0.39 is 0 Å². The lowest BCUT2D eigenvalue weighted by atomic mass is 10.3. The molecule has 0 saturated carbocycles. The van der Waals surface area contributed by atoms with Crippen molar-refractivity contribution >= 4 is 11.6 Å². The van der Waals surface area contributed by atoms with E-state index in [-0.39, 0.29) is 0 Å². The minimum atomic E-state index is 0.703. The maximum absolute atomic E-state index is 5.77. The zero-order chi connectivity index (χ0) is 9.80. The summed E-state index contributed by atoms with van der Waals surface area (Å²) in [5.41, 5.74) is 1.09. The molecule has 4 heteroatoms. The first-order valence-electron chi connectivity index (χ1n) is 4.88. The Labute approximate surface area is 89.1 Å². The van der Waals surface area contributed by atoms with Crippen LogP contribution < -0.4 is 5.32 Å². The third-order valence-corrected chi connectivity index (χ3v) is 2.61. The second kappa shape index (κ2) is 4.73. The SMILES string of the molecule is Clc1ccc(CN2CCNCC2)nc1. The molecule has 0 radical (unpaired) electrons. The summed E-state index contributed by atoms with van der Waals surface area (Å²) in [6.07, 6.45) is 1.71. The Hall–Kier alpha value is -0.640. The highest BCUT2D eigenvalue weighted by molar-refractivity contribution is 6.30. The lowest BCUT2D eigenvalue weighted by Crippen LogP contribution is -2.43. The van der Waals surface area contributed by atoms with Crippen LogP contribution in [0.2, 0.25) is 5.02 Å². The molecule has 0 aromatic carbocycles. The highest BCUT2D eigenvalue weighted by Crippen LogP contribution is 2.08. The number of nitrogens with one attached hydrogen (secondary N) is 1. The third kappa shape index (κ3) is 2.67. The lowest BCUT2D eigenvalue weighted by Gasteiger charge is -2.26. The second-order valence-electron chi connectivity index (χ2n) is 3.49. The summed E-state index contributed by atoms with van der Waals surface area (Å²) in [6.45, 7) is 5.29. The van der Waals surface area contributed by atoms with Crippen LogP contribution in [0.3, 0.4) is 0 Å². The number of hydrogen-bond donors (Lipinski definition) is 1. The van der Waals surface area contributed by atoms with Crippen molar-refractivity contribution in [1.29, 1.82) is 0 Å². The van der Waals surface area contributed by atoms with E-state index in [0.29, 0.717) is 5.02 Å². The molecule has 76 valence electrons. The van der Waals surface area contributed by atoms with Crippen molar-refractivity contribution in [2.45, 2.75) is 6.54 Å². The van der Waals surface area contributed by atoms with Crippen molar-refractivity contribution in [1.82, 2.24) is 15.2 Å². The Morgan fingerprint density at radius 3 is 2.79 bits per heavy atom. The van der Waals surface area contributed by atoms with Gasteiger partial charge in [0, 0.05) is 38.9 Å². The van der Waals surface area contributed by atoms with E-state index >= 15 is 0 Å². The first kappa shape index (κ1) is 9.90. The Balaban J connectivity index is 1.92. The molecule has 0 atom stereocenters. The van der Waals surface area contributed by atoms with Crippen LogP contribution in [0.15, 0.2) is 18.3 Å². The molecule has 2 rings (SSSR count). The number of nitrogens with zero attached hydrogens (tertiary/aromatic N) is 2. The molecule has 1 fully saturated rings. The van der Waals surface area contributed by atoms with Crippen molar-refractivity contribution in [3.8, 4) is 0 Å². The molecule has 2 heterocycles. The van der Waals surface area contributed by atoms with E-state index in [2.05, 4.69) is 15.2 Å². The fourth-order valence-corrected chi connectivity index (χ4v) is 1.71. The maximum Gasteiger partial charge on any atom is 0.0589 e. The first-order chi connectivity index (χ1) is 6.84. The van der Waals surface area contributed by atoms with Crippen molar-refractivity contribution in [2.75, 3.05) is 26.2 Å². The van der Waals surface area contributed by atoms with Crippen molar-refractivity contribution in [3.05, 3.63) is 29.0 Å². The van der Waals surface area contributed by atoms with Gasteiger partial charge in [0.25, 0.3) is 0 Å². The molecule has 1 aliphatic heterocycles. The summed E-state index contributed by atoms with van der Waals surface area (Å²) in [5.74, 6) is 0. The standard InChI is InChI=1S/C10H14ClN3/c11-9-1-2-10(13-7-9)8-14-5-3-12-4-6-14/h1-2,7,12H,3-6,8H2. The maximum atomic E-state index is 5.77. The third-order valence-electron chi connectivity index (χ3n) is 2.38. The molecule has 1 aromatic heterocycles. The van der Waals surface area contributed by atoms with Gasteiger partial charge in [0.15, 0.2) is 0 Å². The summed E-state index contributed by atoms with van der Waals surface area (Å²) in [5, 5.41) is 4.03. The smallest absolute Gasteiger partial charge is 0.0589 e. The van der Waals surface area contributed by atoms with Crippen LogP contribution in [-0.2, 0) is 6.54 Å². The summed E-state index contributed by atoms with van der Waals surface area (Å²) in [7, 11) is 0. The Bertz CT molecular complexity index is 280. The van der Waals surface area contributed by atoms with Crippen LogP contribution in [0, 0.1) is 0 Å². The highest BCUT2D eigenvalue weighted by atomic mass is 35.5. The van der Waals surface area contributed by atoms with E-state index in [4.69, 9.17) is 11.6 Å². The molecule has 1 aromatic rings. The van der Waals surface area contributed by atoms with E-state index in [1.807, 2.05) is 12.1 Å². The van der Waals surface area contributed by atoms with Crippen LogP contribution in [-0.4, -0.2) is 36.1 Å². The predicted octanol–water partition coefficient (Wildman–Crippen LogP) is 1.14. The number of piperazine rings is 1. The summed E-state index contributed by atoms with van der Waals surface area (Å²) in [6, 6.07) is 3.89. The van der Waals surface area contributed by atoms with Gasteiger partial charge in [-0.15, -0.1) is 0 Å². The molecule has 1 aliphatic rings. The molecule has 0 bridgehead atoms. The topological polar surface area (TPSA) is 28.2 Å². The van der Waals surface area contributed by atoms with Gasteiger partial charge in [-0.05, 0) is 12.1 Å². The quantitative estimate of drug-likeness (QED) is 0.796. The zero-order valence-corrected chi connectivity index (χ0v) is 8.80. The van der Waals surface area contributed by atoms with Gasteiger partial charge in [-0.1, -0.05) is 11.6 Å². The van der Waals surface area contributed by atoms with Gasteiger partial charge in [-0.3, -0.25) is 9.88 Å². The van der Waals surface area contributed by atoms with E-state index in [1.54, 1.807) is 6.20 Å². The highest BCUT2D eigenvalue weighted by Gasteiger charge is 2.09. The predicted molar refractivity (Wildman–Crippen MR) is 57.4 cm³/mol. The van der Waals surface area contributed by atoms with Gasteiger partial charge in [-0.2, -0.15) is 0 Å². The van der Waals surface area contributed by atoms with Crippen molar-refractivity contribution < 1.29 is 0 Å². The van der Waals surface area contributed by atoms with Crippen LogP contribution in [0.5, 0.6) is 0 Å². The molecule has 0 spiro atoms. The minimum absolute atomic E-state index is 0.703. The fraction of sp³-hybridized carbons (Fsp3) is 0.500. The first-order valence-corrected chi connectivity index (χ1v) is 5.26. The Morgan fingerprint density at radius 1 is 1.36 bits per heavy atom. The molecule has 0 aliphatic carbocycles. The number of aromatic nitrogens is 1. The van der Waals surface area contributed by atoms with Gasteiger partial charge in [0.1, 0.15) is 0 Å². The average Bonchev–Trinajstić information content (AvgIpc) is 2.23. The minimum Gasteiger partial charge on any atom is -0.314 e. The van der Waals surface area contributed by atoms with Crippen LogP contribution in [0.1, 0.15) is 5.69 Å². The van der Waals surface area contributed by atoms with E-state index in [1.165, 1.54) is 0 Å². The summed E-state index contributed by atoms with van der Waals surface area (Å²) < 4.78 is 0. The summed E-state index contributed by atoms with van der Waals surface area (Å²) >= 11 is 5.77. The molecular weight excluding hydrogens is 198 g/mol. The zero-order valence-electron chi connectivity index (χ0n) is 8.04. The van der Waals surface area contributed by atoms with Gasteiger partial charge in [0.05, 0.1) is 10.7 Å². The summed E-state index contributed by atoms with van der Waals surface area (Å²) in [4.78, 5) is 6.67. The van der Waals surface area contributed by atoms with Gasteiger partial charge in [-0.25, -0.2) is 0 Å². The molecule has 0 amide bonds. The number of hydrogen-bond acceptors (Lipinski definition) is 3. The molecule has 3 nitrogen and oxygen atoms in total. The molecule has 1 N–H and O–H groups in total. The van der Waals surface area contributed by atoms with E-state index in [0.717, 1.165) is 38.4 Å². The van der Waals surface area contributed by atoms with Gasteiger partial charge >= 0.3 is 0 Å². The average molecular weight is 212 g/mol. The number of rotatable bonds is 2. The second-order valence-corrected chi connectivity index (χ2v) is 3.93. The van der Waals surface area contributed by atoms with E-state index in [9.17, 15) is 0 Å². The van der Waals surface area contributed by atoms with Crippen molar-refractivity contribution in [2.24, 2.45) is 0 Å². The lowest BCUT2D eigenvalue weighted by molar-refractivity contribution is 0.231. The number of halogens is 1. The fourth-order valence-electron chi connectivity index (χ4n) is 1.60. The van der Waals surface area contributed by atoms with Crippen LogP contribution in [0.25, 0.3) is 0 Å². The largest absolute Gasteiger partial charge is 0.314 e. The van der Waals surface area contributed by atoms with Crippen molar-refractivity contribution in [3.63, 3.8) is 0 Å². The van der Waals surface area contributed by atoms with Crippen LogP contribution in [0.4, 0.5) is 0 Å². The van der Waals surface area contributed by atoms with Crippen LogP contribution >= 0.6 is 11.6 Å². The Morgan fingerprint density at radius 2 is 2.14 bits per heavy atom. The van der Waals surface area contributed by atoms with Gasteiger partial charge in [0.2, 0.25) is 0 Å². The normalized spacial score (nSPS) is 18.4. The molecule has 14 heavy (non-hydrogen) atoms.